The minimum atomic E-state index is -0.0171. The molecule has 33 heavy (non-hydrogen) atoms. The summed E-state index contributed by atoms with van der Waals surface area (Å²) < 4.78 is 7.03. The third kappa shape index (κ3) is 2.94. The molecule has 0 bridgehead atoms. The highest BCUT2D eigenvalue weighted by Gasteiger charge is 2.64. The molecule has 1 aromatic carbocycles. The van der Waals surface area contributed by atoms with Gasteiger partial charge >= 0.3 is 0 Å². The van der Waals surface area contributed by atoms with Gasteiger partial charge in [-0.15, -0.1) is 11.6 Å². The van der Waals surface area contributed by atoms with Crippen molar-refractivity contribution in [2.75, 3.05) is 0 Å². The molecule has 174 valence electrons. The number of benzene rings is 1. The van der Waals surface area contributed by atoms with E-state index in [9.17, 15) is 0 Å². The molecule has 2 heteroatoms. The van der Waals surface area contributed by atoms with Gasteiger partial charge in [0.15, 0.2) is 0 Å². The van der Waals surface area contributed by atoms with Crippen LogP contribution in [0.4, 0.5) is 0 Å². The maximum atomic E-state index is 7.03. The SMILES string of the molecule is ClC1C=CC=C2C3CCCC(C4(c5ccccc5)C5=CCCCC5C5CCCCC54)C3OC21. The van der Waals surface area contributed by atoms with E-state index in [1.165, 1.54) is 69.8 Å². The molecule has 0 amide bonds. The van der Waals surface area contributed by atoms with Crippen LogP contribution < -0.4 is 0 Å². The molecule has 4 fully saturated rings. The van der Waals surface area contributed by atoms with E-state index in [1.807, 2.05) is 5.57 Å². The van der Waals surface area contributed by atoms with Gasteiger partial charge in [0.05, 0.1) is 17.6 Å². The van der Waals surface area contributed by atoms with Crippen LogP contribution in [0.5, 0.6) is 0 Å². The van der Waals surface area contributed by atoms with Crippen molar-refractivity contribution >= 4 is 11.6 Å². The van der Waals surface area contributed by atoms with E-state index in [0.29, 0.717) is 17.9 Å². The van der Waals surface area contributed by atoms with Crippen LogP contribution >= 0.6 is 11.6 Å². The van der Waals surface area contributed by atoms with Crippen LogP contribution in [0.25, 0.3) is 0 Å². The minimum absolute atomic E-state index is 0.0171. The summed E-state index contributed by atoms with van der Waals surface area (Å²) in [6.07, 6.45) is 23.3. The Kier molecular flexibility index (Phi) is 5.18. The van der Waals surface area contributed by atoms with E-state index in [4.69, 9.17) is 16.3 Å². The van der Waals surface area contributed by atoms with E-state index in [2.05, 4.69) is 54.6 Å². The quantitative estimate of drug-likeness (QED) is 0.323. The zero-order valence-electron chi connectivity index (χ0n) is 19.7. The van der Waals surface area contributed by atoms with Crippen LogP contribution in [0.15, 0.2) is 65.8 Å². The maximum absolute atomic E-state index is 7.03. The van der Waals surface area contributed by atoms with Gasteiger partial charge in [0, 0.05) is 11.3 Å². The topological polar surface area (TPSA) is 9.23 Å². The number of rotatable bonds is 2. The Balaban J connectivity index is 1.41. The number of ether oxygens (including phenoxy) is 1. The number of halogens is 1. The van der Waals surface area contributed by atoms with Crippen LogP contribution in [-0.2, 0) is 10.2 Å². The number of hydrogen-bond acceptors (Lipinski definition) is 1. The molecule has 5 aliphatic carbocycles. The Bertz CT molecular complexity index is 991. The van der Waals surface area contributed by atoms with Crippen LogP contribution in [0.1, 0.15) is 69.8 Å². The fraction of sp³-hybridized carbons (Fsp3) is 0.613. The van der Waals surface area contributed by atoms with Crippen molar-refractivity contribution in [3.63, 3.8) is 0 Å². The largest absolute Gasteiger partial charge is 0.368 e. The molecule has 1 saturated heterocycles. The van der Waals surface area contributed by atoms with Gasteiger partial charge in [-0.05, 0) is 79.8 Å². The Morgan fingerprint density at radius 1 is 0.848 bits per heavy atom. The average molecular weight is 461 g/mol. The lowest BCUT2D eigenvalue weighted by Crippen LogP contribution is -2.50. The Morgan fingerprint density at radius 2 is 1.67 bits per heavy atom. The lowest BCUT2D eigenvalue weighted by atomic mass is 9.53. The normalized spacial score (nSPS) is 46.0. The second-order valence-corrected chi connectivity index (χ2v) is 12.2. The fourth-order valence-electron chi connectivity index (χ4n) is 9.55. The smallest absolute Gasteiger partial charge is 0.0994 e. The summed E-state index contributed by atoms with van der Waals surface area (Å²) in [5.74, 6) is 3.56. The van der Waals surface area contributed by atoms with Crippen LogP contribution in [0.2, 0.25) is 0 Å². The summed E-state index contributed by atoms with van der Waals surface area (Å²) in [6.45, 7) is 0. The lowest BCUT2D eigenvalue weighted by Gasteiger charge is -2.51. The molecule has 9 unspecified atom stereocenters. The molecule has 1 heterocycles. The van der Waals surface area contributed by atoms with Crippen LogP contribution in [-0.4, -0.2) is 17.6 Å². The van der Waals surface area contributed by atoms with Gasteiger partial charge in [0.25, 0.3) is 0 Å². The number of fused-ring (bicyclic) bond motifs is 6. The van der Waals surface area contributed by atoms with Gasteiger partial charge in [-0.25, -0.2) is 0 Å². The fourth-order valence-corrected chi connectivity index (χ4v) is 9.84. The third-order valence-electron chi connectivity index (χ3n) is 10.5. The highest BCUT2D eigenvalue weighted by Crippen LogP contribution is 2.68. The number of hydrogen-bond donors (Lipinski definition) is 0. The van der Waals surface area contributed by atoms with Gasteiger partial charge in [-0.3, -0.25) is 0 Å². The van der Waals surface area contributed by atoms with Crippen molar-refractivity contribution in [2.45, 2.75) is 87.2 Å². The van der Waals surface area contributed by atoms with Gasteiger partial charge < -0.3 is 4.74 Å². The highest BCUT2D eigenvalue weighted by atomic mass is 35.5. The minimum Gasteiger partial charge on any atom is -0.368 e. The Hall–Kier alpha value is -1.31. The first kappa shape index (κ1) is 21.0. The molecule has 0 radical (unpaired) electrons. The lowest BCUT2D eigenvalue weighted by molar-refractivity contribution is -0.0494. The second kappa shape index (κ2) is 8.13. The maximum Gasteiger partial charge on any atom is 0.0994 e. The summed E-state index contributed by atoms with van der Waals surface area (Å²) in [6, 6.07) is 11.7. The molecular weight excluding hydrogens is 424 g/mol. The predicted molar refractivity (Wildman–Crippen MR) is 135 cm³/mol. The summed E-state index contributed by atoms with van der Waals surface area (Å²) in [7, 11) is 0. The first-order valence-electron chi connectivity index (χ1n) is 13.7. The van der Waals surface area contributed by atoms with Gasteiger partial charge in [0.1, 0.15) is 0 Å². The second-order valence-electron chi connectivity index (χ2n) is 11.6. The molecular formula is C31H37ClO. The van der Waals surface area contributed by atoms with Crippen molar-refractivity contribution < 1.29 is 4.74 Å². The molecule has 1 nitrogen and oxygen atoms in total. The molecule has 3 saturated carbocycles. The van der Waals surface area contributed by atoms with E-state index in [0.717, 1.165) is 17.8 Å². The van der Waals surface area contributed by atoms with Crippen molar-refractivity contribution in [3.05, 3.63) is 71.3 Å². The Labute approximate surface area is 204 Å². The van der Waals surface area contributed by atoms with Gasteiger partial charge in [0.2, 0.25) is 0 Å². The van der Waals surface area contributed by atoms with Gasteiger partial charge in [-0.1, -0.05) is 79.5 Å². The van der Waals surface area contributed by atoms with Crippen molar-refractivity contribution in [3.8, 4) is 0 Å². The van der Waals surface area contributed by atoms with E-state index < -0.39 is 0 Å². The molecule has 1 aromatic rings. The molecule has 6 aliphatic rings. The molecule has 0 aromatic heterocycles. The monoisotopic (exact) mass is 460 g/mol. The number of alkyl halides is 1. The number of allylic oxidation sites excluding steroid dienone is 4. The van der Waals surface area contributed by atoms with Crippen molar-refractivity contribution in [1.29, 1.82) is 0 Å². The Morgan fingerprint density at radius 3 is 2.58 bits per heavy atom. The van der Waals surface area contributed by atoms with Crippen molar-refractivity contribution in [2.24, 2.45) is 29.6 Å². The van der Waals surface area contributed by atoms with Crippen molar-refractivity contribution in [1.82, 2.24) is 0 Å². The standard InChI is InChI=1S/C31H37ClO/c32-28-19-9-15-24-23-14-8-18-27(29(23)33-30(24)28)31(20-10-2-1-3-11-20)25-16-6-4-12-21(25)22-13-5-7-17-26(22)31/h1-3,9-11,15-16,19,21-23,26-30H,4-8,12-14,17-18H2. The zero-order valence-corrected chi connectivity index (χ0v) is 20.4. The predicted octanol–water partition coefficient (Wildman–Crippen LogP) is 7.76. The van der Waals surface area contributed by atoms with Gasteiger partial charge in [-0.2, -0.15) is 0 Å². The van der Waals surface area contributed by atoms with E-state index >= 15 is 0 Å². The van der Waals surface area contributed by atoms with E-state index in [1.54, 1.807) is 5.56 Å². The van der Waals surface area contributed by atoms with Crippen LogP contribution in [0, 0.1) is 29.6 Å². The summed E-state index contributed by atoms with van der Waals surface area (Å²) >= 11 is 6.80. The summed E-state index contributed by atoms with van der Waals surface area (Å²) in [5.41, 5.74) is 5.07. The average Bonchev–Trinajstić information content (AvgIpc) is 3.40. The highest BCUT2D eigenvalue weighted by molar-refractivity contribution is 6.22. The third-order valence-corrected chi connectivity index (χ3v) is 10.8. The molecule has 0 spiro atoms. The molecule has 0 N–H and O–H groups in total. The first-order valence-corrected chi connectivity index (χ1v) is 14.2. The zero-order chi connectivity index (χ0) is 22.0. The van der Waals surface area contributed by atoms with E-state index in [-0.39, 0.29) is 16.9 Å². The molecule has 9 atom stereocenters. The first-order chi connectivity index (χ1) is 16.3. The molecule has 7 rings (SSSR count). The molecule has 1 aliphatic heterocycles. The van der Waals surface area contributed by atoms with Crippen LogP contribution in [0.3, 0.4) is 0 Å². The summed E-state index contributed by atoms with van der Waals surface area (Å²) in [5, 5.41) is -0.0171. The summed E-state index contributed by atoms with van der Waals surface area (Å²) in [4.78, 5) is 0.